The summed E-state index contributed by atoms with van der Waals surface area (Å²) in [6.07, 6.45) is 2.62. The molecule has 3 aromatic carbocycles. The molecular formula is C53H64FN9O7. The van der Waals surface area contributed by atoms with E-state index in [1.165, 1.54) is 21.9 Å². The lowest BCUT2D eigenvalue weighted by Crippen LogP contribution is -2.62. The maximum atomic E-state index is 15.8. The van der Waals surface area contributed by atoms with E-state index in [0.717, 1.165) is 28.3 Å². The molecule has 370 valence electrons. The molecule has 4 amide bonds. The highest BCUT2D eigenvalue weighted by atomic mass is 19.1. The zero-order valence-electron chi connectivity index (χ0n) is 40.5. The number of guanidine groups is 2. The first-order valence-corrected chi connectivity index (χ1v) is 24.3. The summed E-state index contributed by atoms with van der Waals surface area (Å²) in [6, 6.07) is 19.6. The topological polar surface area (TPSA) is 233 Å². The summed E-state index contributed by atoms with van der Waals surface area (Å²) in [5, 5.41) is 52.5. The van der Waals surface area contributed by atoms with Crippen LogP contribution in [0.5, 0.6) is 0 Å². The van der Waals surface area contributed by atoms with E-state index in [2.05, 4.69) is 26.3 Å². The van der Waals surface area contributed by atoms with Gasteiger partial charge in [-0.3, -0.25) is 39.8 Å². The number of aliphatic hydroxyl groups is 2. The Morgan fingerprint density at radius 1 is 0.843 bits per heavy atom. The molecule has 16 nitrogen and oxygen atoms in total. The third kappa shape index (κ3) is 10.1. The van der Waals surface area contributed by atoms with Crippen LogP contribution in [-0.2, 0) is 40.3 Å². The first-order chi connectivity index (χ1) is 33.4. The molecule has 1 aromatic heterocycles. The Balaban J connectivity index is 1.05. The van der Waals surface area contributed by atoms with Gasteiger partial charge in [-0.2, -0.15) is 0 Å². The third-order valence-electron chi connectivity index (χ3n) is 15.0. The van der Waals surface area contributed by atoms with Crippen molar-refractivity contribution >= 4 is 35.5 Å². The van der Waals surface area contributed by atoms with Gasteiger partial charge in [0.2, 0.25) is 11.8 Å². The van der Waals surface area contributed by atoms with Gasteiger partial charge in [0.1, 0.15) is 11.5 Å². The minimum Gasteiger partial charge on any atom is -0.390 e. The first kappa shape index (κ1) is 49.8. The van der Waals surface area contributed by atoms with Crippen molar-refractivity contribution in [2.45, 2.75) is 146 Å². The highest BCUT2D eigenvalue weighted by Gasteiger charge is 2.44. The quantitative estimate of drug-likeness (QED) is 0.0561. The molecule has 17 heteroatoms. The number of aliphatic hydroxyl groups excluding tert-OH is 1. The van der Waals surface area contributed by atoms with Crippen LogP contribution in [0.4, 0.5) is 4.39 Å². The van der Waals surface area contributed by atoms with Crippen LogP contribution in [-0.4, -0.2) is 89.9 Å². The van der Waals surface area contributed by atoms with Crippen molar-refractivity contribution in [1.29, 1.82) is 10.8 Å². The van der Waals surface area contributed by atoms with Crippen LogP contribution in [0.1, 0.15) is 158 Å². The zero-order valence-corrected chi connectivity index (χ0v) is 40.5. The Labute approximate surface area is 407 Å². The smallest absolute Gasteiger partial charge is 0.270 e. The summed E-state index contributed by atoms with van der Waals surface area (Å²) in [7, 11) is 0. The van der Waals surface area contributed by atoms with Gasteiger partial charge in [-0.15, -0.1) is 0 Å². The summed E-state index contributed by atoms with van der Waals surface area (Å²) in [5.41, 5.74) is 1.96. The number of amides is 4. The van der Waals surface area contributed by atoms with E-state index < -0.39 is 58.5 Å². The van der Waals surface area contributed by atoms with Crippen LogP contribution in [0.15, 0.2) is 78.9 Å². The van der Waals surface area contributed by atoms with Crippen molar-refractivity contribution in [3.63, 3.8) is 0 Å². The minimum absolute atomic E-state index is 0.00732. The molecule has 3 unspecified atom stereocenters. The highest BCUT2D eigenvalue weighted by Crippen LogP contribution is 2.40. The Bertz CT molecular complexity index is 2660. The molecule has 8 N–H and O–H groups in total. The number of hydrogen-bond acceptors (Lipinski definition) is 10. The largest absolute Gasteiger partial charge is 0.390 e. The van der Waals surface area contributed by atoms with E-state index in [1.54, 1.807) is 19.1 Å². The molecule has 2 aliphatic heterocycles. The van der Waals surface area contributed by atoms with E-state index in [4.69, 9.17) is 15.6 Å². The van der Waals surface area contributed by atoms with Crippen molar-refractivity contribution in [3.8, 4) is 0 Å². The lowest BCUT2D eigenvalue weighted by molar-refractivity contribution is -0.133. The number of ether oxygens (including phenoxy) is 1. The average Bonchev–Trinajstić information content (AvgIpc) is 3.79. The van der Waals surface area contributed by atoms with Crippen molar-refractivity contribution in [3.05, 3.63) is 135 Å². The molecule has 5 atom stereocenters. The molecule has 0 radical (unpaired) electrons. The van der Waals surface area contributed by atoms with E-state index in [0.29, 0.717) is 49.8 Å². The molecule has 8 rings (SSSR count). The summed E-state index contributed by atoms with van der Waals surface area (Å²) >= 11 is 0. The van der Waals surface area contributed by atoms with Gasteiger partial charge in [-0.25, -0.2) is 9.37 Å². The van der Waals surface area contributed by atoms with E-state index in [9.17, 15) is 29.4 Å². The van der Waals surface area contributed by atoms with Crippen LogP contribution in [0, 0.1) is 16.6 Å². The average molecular weight is 958 g/mol. The molecule has 0 spiro atoms. The SMILES string of the molecule is CCC1(CC)CC(=O)N(Cc2cc(COCCC(c3cc(F)cc(C(=O)NC4c5ccccc5CC4(C)O)c3)N3C(=N)NC(CC)(CC)CC3=O)cc(C(=O)N[C@@H]3c4ccccc4C[C@H]3O)n2)C(=N)N1. The fourth-order valence-electron chi connectivity index (χ4n) is 10.6. The van der Waals surface area contributed by atoms with Gasteiger partial charge in [0, 0.05) is 36.1 Å². The second-order valence-electron chi connectivity index (χ2n) is 19.6. The van der Waals surface area contributed by atoms with Gasteiger partial charge < -0.3 is 36.2 Å². The van der Waals surface area contributed by atoms with E-state index in [-0.39, 0.29) is 79.6 Å². The molecular weight excluding hydrogens is 894 g/mol. The predicted molar refractivity (Wildman–Crippen MR) is 260 cm³/mol. The lowest BCUT2D eigenvalue weighted by atomic mass is 9.86. The van der Waals surface area contributed by atoms with Crippen molar-refractivity contribution < 1.29 is 38.5 Å². The first-order valence-electron chi connectivity index (χ1n) is 24.3. The Hall–Kier alpha value is -6.56. The standard InChI is InChI=1S/C53H64FN9O7/c1-6-52(7-2)27-43(65)62(49(55)60-52)29-37-20-31(21-40(57-37)48(68)58-45-38-16-12-10-14-32(38)25-42(45)64)30-70-19-18-41(63-44(66)28-53(8-3,9-4)61-50(63)56)34-22-35(24-36(54)23-34)47(67)59-46-39-17-13-11-15-33(39)26-51(46,5)69/h10-17,20-24,41-42,45-46,64,69H,6-9,18-19,25-30H2,1-5H3,(H2,55,60)(H2,56,61)(H,58,68)(H,59,67)/t41?,42-,45-,46?,51?/m1/s1. The molecule has 2 saturated heterocycles. The fourth-order valence-corrected chi connectivity index (χ4v) is 10.6. The number of benzene rings is 3. The molecule has 3 heterocycles. The Morgan fingerprint density at radius 3 is 2.16 bits per heavy atom. The van der Waals surface area contributed by atoms with Crippen molar-refractivity contribution in [1.82, 2.24) is 36.1 Å². The molecule has 0 bridgehead atoms. The molecule has 70 heavy (non-hydrogen) atoms. The molecule has 4 aliphatic rings. The number of halogens is 1. The number of aromatic nitrogens is 1. The normalized spacial score (nSPS) is 22.8. The summed E-state index contributed by atoms with van der Waals surface area (Å²) < 4.78 is 22.1. The summed E-state index contributed by atoms with van der Waals surface area (Å²) in [4.78, 5) is 63.0. The number of carbonyl (C=O) groups is 4. The lowest BCUT2D eigenvalue weighted by Gasteiger charge is -2.45. The van der Waals surface area contributed by atoms with Gasteiger partial charge in [0.05, 0.1) is 61.5 Å². The minimum atomic E-state index is -1.30. The molecule has 2 aliphatic carbocycles. The van der Waals surface area contributed by atoms with Gasteiger partial charge in [-0.1, -0.05) is 76.2 Å². The van der Waals surface area contributed by atoms with Gasteiger partial charge in [0.25, 0.3) is 11.8 Å². The van der Waals surface area contributed by atoms with E-state index >= 15 is 4.39 Å². The number of rotatable bonds is 17. The summed E-state index contributed by atoms with van der Waals surface area (Å²) in [6.45, 7) is 9.25. The summed E-state index contributed by atoms with van der Waals surface area (Å²) in [5.74, 6) is -2.75. The zero-order chi connectivity index (χ0) is 50.1. The Kier molecular flexibility index (Phi) is 14.3. The maximum Gasteiger partial charge on any atom is 0.270 e. The van der Waals surface area contributed by atoms with Crippen LogP contribution >= 0.6 is 0 Å². The van der Waals surface area contributed by atoms with Crippen molar-refractivity contribution in [2.24, 2.45) is 0 Å². The monoisotopic (exact) mass is 957 g/mol. The van der Waals surface area contributed by atoms with Crippen LogP contribution in [0.25, 0.3) is 0 Å². The molecule has 0 saturated carbocycles. The van der Waals surface area contributed by atoms with E-state index in [1.807, 2.05) is 76.2 Å². The van der Waals surface area contributed by atoms with Crippen molar-refractivity contribution in [2.75, 3.05) is 6.61 Å². The van der Waals surface area contributed by atoms with Gasteiger partial charge in [-0.05, 0) is 103 Å². The number of hydrogen-bond donors (Lipinski definition) is 8. The predicted octanol–water partition coefficient (Wildman–Crippen LogP) is 6.17. The number of carbonyl (C=O) groups excluding carboxylic acids is 4. The molecule has 4 aromatic rings. The second-order valence-corrected chi connectivity index (χ2v) is 19.6. The highest BCUT2D eigenvalue weighted by molar-refractivity contribution is 6.00. The number of pyridine rings is 1. The number of nitrogens with zero attached hydrogens (tertiary/aromatic N) is 3. The van der Waals surface area contributed by atoms with Crippen LogP contribution in [0.3, 0.4) is 0 Å². The third-order valence-corrected chi connectivity index (χ3v) is 15.0. The number of fused-ring (bicyclic) bond motifs is 2. The number of nitrogens with one attached hydrogen (secondary N) is 6. The fraction of sp³-hybridized carbons (Fsp3) is 0.453. The van der Waals surface area contributed by atoms with Gasteiger partial charge in [0.15, 0.2) is 11.9 Å². The molecule has 2 fully saturated rings. The van der Waals surface area contributed by atoms with Crippen LogP contribution in [0.2, 0.25) is 0 Å². The van der Waals surface area contributed by atoms with Gasteiger partial charge >= 0.3 is 0 Å². The second kappa shape index (κ2) is 20.0. The van der Waals surface area contributed by atoms with Crippen LogP contribution < -0.4 is 21.3 Å². The maximum absolute atomic E-state index is 15.8. The Morgan fingerprint density at radius 2 is 1.49 bits per heavy atom.